The van der Waals surface area contributed by atoms with Gasteiger partial charge in [-0.25, -0.2) is 9.78 Å². The van der Waals surface area contributed by atoms with Gasteiger partial charge in [-0.15, -0.1) is 6.42 Å². The molecule has 1 aromatic heterocycles. The van der Waals surface area contributed by atoms with E-state index in [0.717, 1.165) is 12.4 Å². The number of carbonyl (C=O) groups is 1. The van der Waals surface area contributed by atoms with E-state index in [9.17, 15) is 4.79 Å². The zero-order valence-electron chi connectivity index (χ0n) is 10.4. The van der Waals surface area contributed by atoms with Gasteiger partial charge in [-0.1, -0.05) is 5.92 Å². The molecule has 0 spiro atoms. The van der Waals surface area contributed by atoms with Crippen molar-refractivity contribution < 1.29 is 9.53 Å². The quantitative estimate of drug-likeness (QED) is 0.584. The molecule has 1 aliphatic rings. The Labute approximate surface area is 107 Å². The number of anilines is 1. The van der Waals surface area contributed by atoms with Crippen LogP contribution < -0.4 is 4.90 Å². The summed E-state index contributed by atoms with van der Waals surface area (Å²) in [6, 6.07) is 3.37. The summed E-state index contributed by atoms with van der Waals surface area (Å²) in [6.45, 7) is 1.41. The highest BCUT2D eigenvalue weighted by molar-refractivity contribution is 5.90. The zero-order chi connectivity index (χ0) is 13.0. The van der Waals surface area contributed by atoms with Crippen molar-refractivity contribution in [3.8, 4) is 12.3 Å². The Kier molecular flexibility index (Phi) is 3.83. The first-order chi connectivity index (χ1) is 8.74. The van der Waals surface area contributed by atoms with Crippen molar-refractivity contribution in [3.63, 3.8) is 0 Å². The van der Waals surface area contributed by atoms with Crippen molar-refractivity contribution >= 4 is 11.8 Å². The van der Waals surface area contributed by atoms with Crippen molar-refractivity contribution in [2.45, 2.75) is 12.8 Å². The first kappa shape index (κ1) is 12.4. The summed E-state index contributed by atoms with van der Waals surface area (Å²) in [5.41, 5.74) is 0.500. The summed E-state index contributed by atoms with van der Waals surface area (Å²) in [5, 5.41) is 0. The van der Waals surface area contributed by atoms with E-state index < -0.39 is 0 Å². The van der Waals surface area contributed by atoms with Crippen LogP contribution in [0, 0.1) is 18.3 Å². The molecule has 1 fully saturated rings. The van der Waals surface area contributed by atoms with Crippen molar-refractivity contribution in [1.82, 2.24) is 4.98 Å². The maximum atomic E-state index is 11.5. The van der Waals surface area contributed by atoms with Gasteiger partial charge in [0.25, 0.3) is 0 Å². The monoisotopic (exact) mass is 244 g/mol. The van der Waals surface area contributed by atoms with Crippen LogP contribution in [0.15, 0.2) is 18.3 Å². The van der Waals surface area contributed by atoms with Crippen molar-refractivity contribution in [2.75, 3.05) is 25.1 Å². The SMILES string of the molecule is C#CCN(CC1CC1)c1cc(C(=O)OC)ccn1. The highest BCUT2D eigenvalue weighted by atomic mass is 16.5. The van der Waals surface area contributed by atoms with Crippen molar-refractivity contribution in [1.29, 1.82) is 0 Å². The zero-order valence-corrected chi connectivity index (χ0v) is 10.4. The molecule has 0 aromatic carbocycles. The Balaban J connectivity index is 2.18. The normalized spacial score (nSPS) is 13.8. The molecule has 0 unspecified atom stereocenters. The molecular weight excluding hydrogens is 228 g/mol. The van der Waals surface area contributed by atoms with Crippen LogP contribution in [0.4, 0.5) is 5.82 Å². The molecule has 1 saturated carbocycles. The van der Waals surface area contributed by atoms with Gasteiger partial charge in [0, 0.05) is 12.7 Å². The average molecular weight is 244 g/mol. The van der Waals surface area contributed by atoms with E-state index in [2.05, 4.69) is 10.9 Å². The molecule has 0 saturated heterocycles. The number of carbonyl (C=O) groups excluding carboxylic acids is 1. The van der Waals surface area contributed by atoms with E-state index in [1.807, 2.05) is 4.90 Å². The van der Waals surface area contributed by atoms with E-state index in [-0.39, 0.29) is 5.97 Å². The van der Waals surface area contributed by atoms with Gasteiger partial charge < -0.3 is 9.64 Å². The van der Waals surface area contributed by atoms with Gasteiger partial charge in [0.1, 0.15) is 5.82 Å². The number of hydrogen-bond acceptors (Lipinski definition) is 4. The van der Waals surface area contributed by atoms with Crippen LogP contribution in [0.5, 0.6) is 0 Å². The molecule has 4 heteroatoms. The fourth-order valence-corrected chi connectivity index (χ4v) is 1.80. The van der Waals surface area contributed by atoms with Gasteiger partial charge in [-0.3, -0.25) is 0 Å². The highest BCUT2D eigenvalue weighted by Crippen LogP contribution is 2.31. The topological polar surface area (TPSA) is 42.4 Å². The number of rotatable bonds is 5. The molecule has 1 aliphatic carbocycles. The van der Waals surface area contributed by atoms with Gasteiger partial charge in [0.15, 0.2) is 0 Å². The number of pyridine rings is 1. The van der Waals surface area contributed by atoms with E-state index in [4.69, 9.17) is 11.2 Å². The molecule has 0 bridgehead atoms. The highest BCUT2D eigenvalue weighted by Gasteiger charge is 2.25. The molecular formula is C14H16N2O2. The molecule has 94 valence electrons. The Morgan fingerprint density at radius 2 is 2.44 bits per heavy atom. The molecule has 4 nitrogen and oxygen atoms in total. The number of hydrogen-bond donors (Lipinski definition) is 0. The second kappa shape index (κ2) is 5.54. The molecule has 1 aromatic rings. The van der Waals surface area contributed by atoms with E-state index in [1.54, 1.807) is 18.3 Å². The summed E-state index contributed by atoms with van der Waals surface area (Å²) in [5.74, 6) is 3.72. The lowest BCUT2D eigenvalue weighted by atomic mass is 10.2. The van der Waals surface area contributed by atoms with Crippen LogP contribution in [0.25, 0.3) is 0 Å². The summed E-state index contributed by atoms with van der Waals surface area (Å²) in [7, 11) is 1.37. The van der Waals surface area contributed by atoms with Gasteiger partial charge in [-0.05, 0) is 30.9 Å². The third-order valence-corrected chi connectivity index (χ3v) is 2.95. The Morgan fingerprint density at radius 1 is 1.67 bits per heavy atom. The molecule has 1 heterocycles. The number of aromatic nitrogens is 1. The van der Waals surface area contributed by atoms with Crippen LogP contribution >= 0.6 is 0 Å². The van der Waals surface area contributed by atoms with Crippen LogP contribution in [0.2, 0.25) is 0 Å². The number of methoxy groups -OCH3 is 1. The summed E-state index contributed by atoms with van der Waals surface area (Å²) in [4.78, 5) is 17.8. The van der Waals surface area contributed by atoms with Crippen molar-refractivity contribution in [3.05, 3.63) is 23.9 Å². The molecule has 0 amide bonds. The molecule has 18 heavy (non-hydrogen) atoms. The lowest BCUT2D eigenvalue weighted by Gasteiger charge is -2.21. The van der Waals surface area contributed by atoms with Gasteiger partial charge in [0.2, 0.25) is 0 Å². The third kappa shape index (κ3) is 3.01. The van der Waals surface area contributed by atoms with Gasteiger partial charge >= 0.3 is 5.97 Å². The number of esters is 1. The number of nitrogens with zero attached hydrogens (tertiary/aromatic N) is 2. The minimum atomic E-state index is -0.356. The molecule has 0 N–H and O–H groups in total. The fourth-order valence-electron chi connectivity index (χ4n) is 1.80. The van der Waals surface area contributed by atoms with Crippen molar-refractivity contribution in [2.24, 2.45) is 5.92 Å². The summed E-state index contributed by atoms with van der Waals surface area (Å²) < 4.78 is 4.70. The van der Waals surface area contributed by atoms with Gasteiger partial charge in [-0.2, -0.15) is 0 Å². The molecule has 0 radical (unpaired) electrons. The predicted molar refractivity (Wildman–Crippen MR) is 69.3 cm³/mol. The standard InChI is InChI=1S/C14H16N2O2/c1-3-8-16(10-11-4-5-11)13-9-12(6-7-15-13)14(17)18-2/h1,6-7,9,11H,4-5,8,10H2,2H3. The second-order valence-electron chi connectivity index (χ2n) is 4.42. The first-order valence-electron chi connectivity index (χ1n) is 5.97. The first-order valence-corrected chi connectivity index (χ1v) is 5.97. The molecule has 0 aliphatic heterocycles. The number of terminal acetylenes is 1. The minimum absolute atomic E-state index is 0.356. The fraction of sp³-hybridized carbons (Fsp3) is 0.429. The van der Waals surface area contributed by atoms with Crippen LogP contribution in [0.1, 0.15) is 23.2 Å². The lowest BCUT2D eigenvalue weighted by molar-refractivity contribution is 0.0600. The van der Waals surface area contributed by atoms with E-state index in [0.29, 0.717) is 18.0 Å². The maximum Gasteiger partial charge on any atom is 0.338 e. The molecule has 0 atom stereocenters. The van der Waals surface area contributed by atoms with E-state index >= 15 is 0 Å². The van der Waals surface area contributed by atoms with E-state index in [1.165, 1.54) is 20.0 Å². The Bertz CT molecular complexity index is 475. The third-order valence-electron chi connectivity index (χ3n) is 2.95. The van der Waals surface area contributed by atoms with Crippen LogP contribution in [-0.2, 0) is 4.74 Å². The second-order valence-corrected chi connectivity index (χ2v) is 4.42. The Morgan fingerprint density at radius 3 is 3.06 bits per heavy atom. The number of ether oxygens (including phenoxy) is 1. The molecule has 2 rings (SSSR count). The predicted octanol–water partition coefficient (Wildman–Crippen LogP) is 1.72. The smallest absolute Gasteiger partial charge is 0.338 e. The largest absolute Gasteiger partial charge is 0.465 e. The maximum absolute atomic E-state index is 11.5. The van der Waals surface area contributed by atoms with Gasteiger partial charge in [0.05, 0.1) is 19.2 Å². The van der Waals surface area contributed by atoms with Crippen LogP contribution in [-0.4, -0.2) is 31.2 Å². The van der Waals surface area contributed by atoms with Crippen LogP contribution in [0.3, 0.4) is 0 Å². The summed E-state index contributed by atoms with van der Waals surface area (Å²) in [6.07, 6.45) is 9.48. The minimum Gasteiger partial charge on any atom is -0.465 e. The Hall–Kier alpha value is -2.02. The summed E-state index contributed by atoms with van der Waals surface area (Å²) >= 11 is 0. The average Bonchev–Trinajstić information content (AvgIpc) is 3.21. The lowest BCUT2D eigenvalue weighted by Crippen LogP contribution is -2.27.